The zero-order valence-corrected chi connectivity index (χ0v) is 15.6. The summed E-state index contributed by atoms with van der Waals surface area (Å²) in [5.74, 6) is -0.929. The molecule has 0 aliphatic rings. The molecule has 25 heavy (non-hydrogen) atoms. The number of methoxy groups -OCH3 is 1. The molecule has 8 heteroatoms. The molecule has 1 N–H and O–H groups in total. The second kappa shape index (κ2) is 7.33. The van der Waals surface area contributed by atoms with Gasteiger partial charge >= 0.3 is 5.97 Å². The molecule has 2 aromatic carbocycles. The van der Waals surface area contributed by atoms with Crippen molar-refractivity contribution in [1.82, 2.24) is 0 Å². The number of carbonyl (C=O) groups is 1. The van der Waals surface area contributed by atoms with Gasteiger partial charge in [-0.2, -0.15) is 0 Å². The molecule has 0 heterocycles. The summed E-state index contributed by atoms with van der Waals surface area (Å²) in [6.07, 6.45) is 0. The molecule has 0 saturated heterocycles. The lowest BCUT2D eigenvalue weighted by molar-refractivity contribution is -0.135. The maximum Gasteiger partial charge on any atom is 0.324 e. The fourth-order valence-electron chi connectivity index (χ4n) is 2.36. The first-order valence-electron chi connectivity index (χ1n) is 7.32. The standard InChI is InChI=1S/C17H18ClNO5S/c1-11-5-4-6-15(12(11)2)19(10-17(20)21)25(22,23)13-7-8-16(24-3)14(18)9-13/h4-9H,10H2,1-3H3,(H,20,21). The molecule has 0 aliphatic heterocycles. The summed E-state index contributed by atoms with van der Waals surface area (Å²) in [4.78, 5) is 11.2. The van der Waals surface area contributed by atoms with Crippen LogP contribution in [0, 0.1) is 13.8 Å². The molecular formula is C17H18ClNO5S. The largest absolute Gasteiger partial charge is 0.495 e. The number of hydrogen-bond donors (Lipinski definition) is 1. The van der Waals surface area contributed by atoms with Crippen LogP contribution >= 0.6 is 11.6 Å². The van der Waals surface area contributed by atoms with E-state index in [1.165, 1.54) is 25.3 Å². The average Bonchev–Trinajstić information content (AvgIpc) is 2.55. The van der Waals surface area contributed by atoms with Gasteiger partial charge in [0.1, 0.15) is 12.3 Å². The third-order valence-electron chi connectivity index (χ3n) is 3.83. The van der Waals surface area contributed by atoms with Crippen molar-refractivity contribution in [2.75, 3.05) is 18.0 Å². The van der Waals surface area contributed by atoms with Crippen molar-refractivity contribution >= 4 is 33.3 Å². The minimum Gasteiger partial charge on any atom is -0.495 e. The zero-order valence-electron chi connectivity index (χ0n) is 14.0. The van der Waals surface area contributed by atoms with E-state index in [0.717, 1.165) is 9.87 Å². The van der Waals surface area contributed by atoms with Gasteiger partial charge in [0.15, 0.2) is 0 Å². The summed E-state index contributed by atoms with van der Waals surface area (Å²) in [6, 6.07) is 9.10. The Balaban J connectivity index is 2.62. The lowest BCUT2D eigenvalue weighted by atomic mass is 10.1. The highest BCUT2D eigenvalue weighted by Gasteiger charge is 2.29. The summed E-state index contributed by atoms with van der Waals surface area (Å²) >= 11 is 6.02. The highest BCUT2D eigenvalue weighted by Crippen LogP contribution is 2.32. The number of aliphatic carboxylic acids is 1. The molecule has 0 aromatic heterocycles. The highest BCUT2D eigenvalue weighted by atomic mass is 35.5. The maximum atomic E-state index is 13.0. The molecule has 6 nitrogen and oxygen atoms in total. The lowest BCUT2D eigenvalue weighted by Crippen LogP contribution is -2.36. The number of rotatable bonds is 6. The van der Waals surface area contributed by atoms with E-state index >= 15 is 0 Å². The lowest BCUT2D eigenvalue weighted by Gasteiger charge is -2.25. The van der Waals surface area contributed by atoms with Crippen molar-refractivity contribution < 1.29 is 23.1 Å². The van der Waals surface area contributed by atoms with E-state index in [0.29, 0.717) is 17.0 Å². The quantitative estimate of drug-likeness (QED) is 0.827. The normalized spacial score (nSPS) is 11.2. The fraction of sp³-hybridized carbons (Fsp3) is 0.235. The minimum atomic E-state index is -4.12. The number of carboxylic acid groups (broad SMARTS) is 1. The SMILES string of the molecule is COc1ccc(S(=O)(=O)N(CC(=O)O)c2cccc(C)c2C)cc1Cl. The Labute approximate surface area is 151 Å². The van der Waals surface area contributed by atoms with Gasteiger partial charge in [0, 0.05) is 0 Å². The molecule has 0 fully saturated rings. The van der Waals surface area contributed by atoms with E-state index in [4.69, 9.17) is 16.3 Å². The van der Waals surface area contributed by atoms with Gasteiger partial charge < -0.3 is 9.84 Å². The molecule has 0 amide bonds. The smallest absolute Gasteiger partial charge is 0.324 e. The summed E-state index contributed by atoms with van der Waals surface area (Å²) in [6.45, 7) is 2.88. The first-order valence-corrected chi connectivity index (χ1v) is 9.14. The Morgan fingerprint density at radius 2 is 1.92 bits per heavy atom. The molecule has 2 aromatic rings. The number of halogens is 1. The van der Waals surface area contributed by atoms with Crippen LogP contribution in [0.4, 0.5) is 5.69 Å². The van der Waals surface area contributed by atoms with Crippen LogP contribution in [0.15, 0.2) is 41.3 Å². The molecule has 0 unspecified atom stereocenters. The van der Waals surface area contributed by atoms with Crippen LogP contribution < -0.4 is 9.04 Å². The van der Waals surface area contributed by atoms with Crippen LogP contribution in [0.3, 0.4) is 0 Å². The van der Waals surface area contributed by atoms with Gasteiger partial charge in [0.05, 0.1) is 22.7 Å². The molecule has 0 radical (unpaired) electrons. The zero-order chi connectivity index (χ0) is 18.8. The van der Waals surface area contributed by atoms with E-state index in [9.17, 15) is 18.3 Å². The van der Waals surface area contributed by atoms with Crippen LogP contribution in [0.5, 0.6) is 5.75 Å². The molecule has 0 atom stereocenters. The third-order valence-corrected chi connectivity index (χ3v) is 5.89. The second-order valence-electron chi connectivity index (χ2n) is 5.42. The number of ether oxygens (including phenoxy) is 1. The summed E-state index contributed by atoms with van der Waals surface area (Å²) in [5.41, 5.74) is 1.86. The first-order chi connectivity index (χ1) is 11.7. The summed E-state index contributed by atoms with van der Waals surface area (Å²) in [7, 11) is -2.70. The predicted octanol–water partition coefficient (Wildman–Crippen LogP) is 3.25. The fourth-order valence-corrected chi connectivity index (χ4v) is 4.18. The van der Waals surface area contributed by atoms with E-state index in [2.05, 4.69) is 0 Å². The highest BCUT2D eigenvalue weighted by molar-refractivity contribution is 7.92. The summed E-state index contributed by atoms with van der Waals surface area (Å²) in [5, 5.41) is 9.33. The number of carboxylic acids is 1. The van der Waals surface area contributed by atoms with Crippen LogP contribution in [0.1, 0.15) is 11.1 Å². The van der Waals surface area contributed by atoms with Gasteiger partial charge in [-0.1, -0.05) is 23.7 Å². The van der Waals surface area contributed by atoms with Crippen molar-refractivity contribution in [2.45, 2.75) is 18.7 Å². The molecule has 2 rings (SSSR count). The topological polar surface area (TPSA) is 83.9 Å². The number of nitrogens with zero attached hydrogens (tertiary/aromatic N) is 1. The van der Waals surface area contributed by atoms with Gasteiger partial charge in [-0.25, -0.2) is 8.42 Å². The van der Waals surface area contributed by atoms with Gasteiger partial charge in [0.2, 0.25) is 0 Å². The van der Waals surface area contributed by atoms with Crippen molar-refractivity contribution in [3.8, 4) is 5.75 Å². The van der Waals surface area contributed by atoms with E-state index in [1.54, 1.807) is 19.1 Å². The molecule has 134 valence electrons. The second-order valence-corrected chi connectivity index (χ2v) is 7.69. The monoisotopic (exact) mass is 383 g/mol. The van der Waals surface area contributed by atoms with Gasteiger partial charge in [-0.3, -0.25) is 9.10 Å². The van der Waals surface area contributed by atoms with E-state index in [1.807, 2.05) is 13.0 Å². The number of sulfonamides is 1. The Bertz CT molecular complexity index is 911. The van der Waals surface area contributed by atoms with Crippen molar-refractivity contribution in [3.63, 3.8) is 0 Å². The number of aryl methyl sites for hydroxylation is 1. The van der Waals surface area contributed by atoms with Gasteiger partial charge in [-0.15, -0.1) is 0 Å². The van der Waals surface area contributed by atoms with E-state index < -0.39 is 22.5 Å². The number of benzene rings is 2. The first kappa shape index (κ1) is 19.1. The van der Waals surface area contributed by atoms with Crippen LogP contribution in [-0.4, -0.2) is 33.1 Å². The number of hydrogen-bond acceptors (Lipinski definition) is 4. The van der Waals surface area contributed by atoms with Crippen molar-refractivity contribution in [1.29, 1.82) is 0 Å². The Morgan fingerprint density at radius 1 is 1.24 bits per heavy atom. The van der Waals surface area contributed by atoms with Gasteiger partial charge in [-0.05, 0) is 49.2 Å². The third kappa shape index (κ3) is 3.88. The molecule has 0 bridgehead atoms. The molecule has 0 spiro atoms. The van der Waals surface area contributed by atoms with E-state index in [-0.39, 0.29) is 9.92 Å². The number of anilines is 1. The minimum absolute atomic E-state index is 0.111. The Morgan fingerprint density at radius 3 is 2.48 bits per heavy atom. The average molecular weight is 384 g/mol. The van der Waals surface area contributed by atoms with Crippen molar-refractivity contribution in [3.05, 3.63) is 52.5 Å². The molecule has 0 saturated carbocycles. The van der Waals surface area contributed by atoms with Crippen LogP contribution in [0.25, 0.3) is 0 Å². The summed E-state index contributed by atoms with van der Waals surface area (Å²) < 4.78 is 32.0. The van der Waals surface area contributed by atoms with Crippen molar-refractivity contribution in [2.24, 2.45) is 0 Å². The maximum absolute atomic E-state index is 13.0. The van der Waals surface area contributed by atoms with Crippen LogP contribution in [-0.2, 0) is 14.8 Å². The Kier molecular flexibility index (Phi) is 5.59. The predicted molar refractivity (Wildman–Crippen MR) is 96.1 cm³/mol. The molecular weight excluding hydrogens is 366 g/mol. The molecule has 0 aliphatic carbocycles. The Hall–Kier alpha value is -2.25. The van der Waals surface area contributed by atoms with Crippen LogP contribution in [0.2, 0.25) is 5.02 Å². The van der Waals surface area contributed by atoms with Gasteiger partial charge in [0.25, 0.3) is 10.0 Å².